The summed E-state index contributed by atoms with van der Waals surface area (Å²) in [5.74, 6) is 0.861. The van der Waals surface area contributed by atoms with Crippen molar-refractivity contribution in [2.24, 2.45) is 11.8 Å². The molecule has 1 heterocycles. The van der Waals surface area contributed by atoms with Crippen LogP contribution in [-0.2, 0) is 14.9 Å². The summed E-state index contributed by atoms with van der Waals surface area (Å²) in [5, 5.41) is 12.4. The highest BCUT2D eigenvalue weighted by Crippen LogP contribution is 2.67. The highest BCUT2D eigenvalue weighted by Gasteiger charge is 2.67. The molecule has 4 atom stereocenters. The lowest BCUT2D eigenvalue weighted by Gasteiger charge is -2.16. The average Bonchev–Trinajstić information content (AvgIpc) is 2.95. The molecule has 6 heteroatoms. The number of benzene rings is 1. The summed E-state index contributed by atoms with van der Waals surface area (Å²) in [6.45, 7) is 2.16. The molecule has 1 saturated heterocycles. The second-order valence-electron chi connectivity index (χ2n) is 7.23. The van der Waals surface area contributed by atoms with E-state index in [-0.39, 0.29) is 17.4 Å². The van der Waals surface area contributed by atoms with Gasteiger partial charge in [0.2, 0.25) is 5.91 Å². The first-order valence-electron chi connectivity index (χ1n) is 8.80. The van der Waals surface area contributed by atoms with Gasteiger partial charge in [-0.15, -0.1) is 0 Å². The number of nitrogens with one attached hydrogen (secondary N) is 1. The Labute approximate surface area is 146 Å². The molecule has 130 valence electrons. The number of hydrogen-bond donors (Lipinski definition) is 1. The van der Waals surface area contributed by atoms with Crippen molar-refractivity contribution in [1.29, 1.82) is 5.26 Å². The highest BCUT2D eigenvalue weighted by atomic mass is 16.6. The van der Waals surface area contributed by atoms with E-state index < -0.39 is 6.09 Å². The lowest BCUT2D eigenvalue weighted by atomic mass is 9.89. The van der Waals surface area contributed by atoms with Gasteiger partial charge in [0, 0.05) is 12.6 Å². The van der Waals surface area contributed by atoms with Gasteiger partial charge >= 0.3 is 6.09 Å². The van der Waals surface area contributed by atoms with Crippen molar-refractivity contribution < 1.29 is 14.3 Å². The predicted molar refractivity (Wildman–Crippen MR) is 90.9 cm³/mol. The third-order valence-electron chi connectivity index (χ3n) is 5.87. The second-order valence-corrected chi connectivity index (χ2v) is 7.23. The molecule has 0 spiro atoms. The Kier molecular flexibility index (Phi) is 3.68. The van der Waals surface area contributed by atoms with E-state index in [1.807, 2.05) is 24.3 Å². The molecule has 1 N–H and O–H groups in total. The fourth-order valence-electron chi connectivity index (χ4n) is 4.63. The van der Waals surface area contributed by atoms with Crippen molar-refractivity contribution in [1.82, 2.24) is 5.32 Å². The van der Waals surface area contributed by atoms with Gasteiger partial charge in [-0.3, -0.25) is 9.69 Å². The minimum Gasteiger partial charge on any atom is -0.442 e. The van der Waals surface area contributed by atoms with Gasteiger partial charge in [-0.1, -0.05) is 18.6 Å². The van der Waals surface area contributed by atoms with Crippen LogP contribution in [-0.4, -0.2) is 31.2 Å². The molecule has 4 rings (SSSR count). The molecule has 0 bridgehead atoms. The number of anilines is 1. The van der Waals surface area contributed by atoms with Crippen molar-refractivity contribution in [3.8, 4) is 6.07 Å². The zero-order valence-electron chi connectivity index (χ0n) is 14.2. The van der Waals surface area contributed by atoms with Crippen LogP contribution in [0.5, 0.6) is 0 Å². The topological polar surface area (TPSA) is 82.4 Å². The van der Waals surface area contributed by atoms with Gasteiger partial charge in [0.15, 0.2) is 0 Å². The molecule has 1 aliphatic heterocycles. The van der Waals surface area contributed by atoms with E-state index in [9.17, 15) is 14.9 Å². The number of carbonyl (C=O) groups excluding carboxylic acids is 2. The Bertz CT molecular complexity index is 742. The molecule has 3 aliphatic rings. The Hall–Kier alpha value is -2.55. The van der Waals surface area contributed by atoms with E-state index in [0.717, 1.165) is 24.1 Å². The number of amides is 2. The Balaban J connectivity index is 1.47. The van der Waals surface area contributed by atoms with Crippen molar-refractivity contribution in [3.05, 3.63) is 29.8 Å². The Morgan fingerprint density at radius 2 is 2.04 bits per heavy atom. The maximum Gasteiger partial charge on any atom is 0.414 e. The Morgan fingerprint density at radius 1 is 1.36 bits per heavy atom. The van der Waals surface area contributed by atoms with Crippen LogP contribution < -0.4 is 10.2 Å². The summed E-state index contributed by atoms with van der Waals surface area (Å²) in [5.41, 5.74) is 1.52. The number of cyclic esters (lactones) is 1. The van der Waals surface area contributed by atoms with Gasteiger partial charge in [0.1, 0.15) is 6.10 Å². The van der Waals surface area contributed by atoms with E-state index in [4.69, 9.17) is 4.74 Å². The molecule has 1 aromatic rings. The maximum absolute atomic E-state index is 12.1. The summed E-state index contributed by atoms with van der Waals surface area (Å²) < 4.78 is 5.29. The SMILES string of the molecule is CC(=O)NC[C@H]1CN(c2ccc(C3(C#N)[C@@H]4CCC[C@@H]43)cc2)C(=O)O1. The van der Waals surface area contributed by atoms with Crippen LogP contribution in [0.4, 0.5) is 10.5 Å². The predicted octanol–water partition coefficient (Wildman–Crippen LogP) is 2.34. The molecule has 2 saturated carbocycles. The summed E-state index contributed by atoms with van der Waals surface area (Å²) in [6.07, 6.45) is 2.77. The van der Waals surface area contributed by atoms with Crippen LogP contribution in [0.3, 0.4) is 0 Å². The molecule has 3 fully saturated rings. The third-order valence-corrected chi connectivity index (χ3v) is 5.87. The fourth-order valence-corrected chi connectivity index (χ4v) is 4.63. The summed E-state index contributed by atoms with van der Waals surface area (Å²) in [6, 6.07) is 10.3. The third kappa shape index (κ3) is 2.46. The Morgan fingerprint density at radius 3 is 2.64 bits per heavy atom. The number of fused-ring (bicyclic) bond motifs is 1. The molecule has 1 aromatic carbocycles. The zero-order chi connectivity index (χ0) is 17.6. The number of hydrogen-bond acceptors (Lipinski definition) is 4. The van der Waals surface area contributed by atoms with Gasteiger partial charge in [-0.2, -0.15) is 5.26 Å². The smallest absolute Gasteiger partial charge is 0.414 e. The van der Waals surface area contributed by atoms with E-state index >= 15 is 0 Å². The van der Waals surface area contributed by atoms with Gasteiger partial charge in [-0.25, -0.2) is 4.79 Å². The molecule has 0 radical (unpaired) electrons. The normalized spacial score (nSPS) is 32.7. The quantitative estimate of drug-likeness (QED) is 0.913. The number of carbonyl (C=O) groups is 2. The largest absolute Gasteiger partial charge is 0.442 e. The van der Waals surface area contributed by atoms with E-state index in [1.165, 1.54) is 13.3 Å². The van der Waals surface area contributed by atoms with Crippen molar-refractivity contribution in [2.45, 2.75) is 37.7 Å². The van der Waals surface area contributed by atoms with Crippen LogP contribution in [0.1, 0.15) is 31.7 Å². The minimum absolute atomic E-state index is 0.143. The number of nitrogens with zero attached hydrogens (tertiary/aromatic N) is 2. The molecular weight excluding hydrogens is 318 g/mol. The van der Waals surface area contributed by atoms with Crippen molar-refractivity contribution in [2.75, 3.05) is 18.0 Å². The van der Waals surface area contributed by atoms with Crippen LogP contribution in [0.25, 0.3) is 0 Å². The molecule has 6 nitrogen and oxygen atoms in total. The fraction of sp³-hybridized carbons (Fsp3) is 0.526. The van der Waals surface area contributed by atoms with Gasteiger partial charge < -0.3 is 10.1 Å². The minimum atomic E-state index is -0.401. The van der Waals surface area contributed by atoms with Crippen LogP contribution in [0, 0.1) is 23.2 Å². The first kappa shape index (κ1) is 15.9. The standard InChI is InChI=1S/C19H21N3O3/c1-12(23)21-9-15-10-22(18(24)25-15)14-7-5-13(6-8-14)19(11-20)16-3-2-4-17(16)19/h5-8,15-17H,2-4,9-10H2,1H3,(H,21,23)/t15-,16-,17+,19?/m0/s1. The average molecular weight is 339 g/mol. The first-order valence-corrected chi connectivity index (χ1v) is 8.80. The number of rotatable bonds is 4. The number of nitriles is 1. The van der Waals surface area contributed by atoms with Crippen LogP contribution >= 0.6 is 0 Å². The summed E-state index contributed by atoms with van der Waals surface area (Å²) in [7, 11) is 0. The van der Waals surface area contributed by atoms with Crippen molar-refractivity contribution >= 4 is 17.7 Å². The zero-order valence-corrected chi connectivity index (χ0v) is 14.2. The summed E-state index contributed by atoms with van der Waals surface area (Å²) in [4.78, 5) is 24.6. The summed E-state index contributed by atoms with van der Waals surface area (Å²) >= 11 is 0. The monoisotopic (exact) mass is 339 g/mol. The lowest BCUT2D eigenvalue weighted by molar-refractivity contribution is -0.119. The highest BCUT2D eigenvalue weighted by molar-refractivity contribution is 5.89. The van der Waals surface area contributed by atoms with E-state index in [2.05, 4.69) is 11.4 Å². The lowest BCUT2D eigenvalue weighted by Crippen LogP contribution is -2.33. The molecule has 2 amide bonds. The van der Waals surface area contributed by atoms with Crippen molar-refractivity contribution in [3.63, 3.8) is 0 Å². The molecule has 25 heavy (non-hydrogen) atoms. The van der Waals surface area contributed by atoms with Gasteiger partial charge in [-0.05, 0) is 42.4 Å². The number of ether oxygens (including phenoxy) is 1. The second kappa shape index (κ2) is 5.76. The molecule has 0 aromatic heterocycles. The van der Waals surface area contributed by atoms with Gasteiger partial charge in [0.05, 0.1) is 24.6 Å². The molecular formula is C19H21N3O3. The van der Waals surface area contributed by atoms with E-state index in [1.54, 1.807) is 4.90 Å². The first-order chi connectivity index (χ1) is 12.1. The van der Waals surface area contributed by atoms with Crippen LogP contribution in [0.2, 0.25) is 0 Å². The van der Waals surface area contributed by atoms with Crippen LogP contribution in [0.15, 0.2) is 24.3 Å². The molecule has 1 unspecified atom stereocenters. The van der Waals surface area contributed by atoms with E-state index in [0.29, 0.717) is 24.9 Å². The molecule has 2 aliphatic carbocycles. The maximum atomic E-state index is 12.1. The van der Waals surface area contributed by atoms with Gasteiger partial charge in [0.25, 0.3) is 0 Å².